The predicted octanol–water partition coefficient (Wildman–Crippen LogP) is 2.66. The van der Waals surface area contributed by atoms with Crippen molar-refractivity contribution in [3.63, 3.8) is 0 Å². The Bertz CT molecular complexity index is 1110. The number of hydrogen-bond donors (Lipinski definition) is 1. The fourth-order valence-electron chi connectivity index (χ4n) is 3.64. The highest BCUT2D eigenvalue weighted by Crippen LogP contribution is 2.32. The van der Waals surface area contributed by atoms with Gasteiger partial charge in [-0.05, 0) is 46.7 Å². The van der Waals surface area contributed by atoms with Crippen molar-refractivity contribution in [2.45, 2.75) is 0 Å². The SMILES string of the molecule is CN1C=c2c(nnc3ccc4cc(F)cc2c4-3)C(=C2C=CNC=C2)C1. The molecule has 1 N–H and O–H groups in total. The summed E-state index contributed by atoms with van der Waals surface area (Å²) in [5, 5.41) is 14.7. The number of dihydropyridines is 1. The van der Waals surface area contributed by atoms with Gasteiger partial charge in [-0.1, -0.05) is 6.07 Å². The van der Waals surface area contributed by atoms with Crippen LogP contribution in [0.1, 0.15) is 5.69 Å². The fourth-order valence-corrected chi connectivity index (χ4v) is 3.64. The number of halogens is 1. The molecule has 0 radical (unpaired) electrons. The van der Waals surface area contributed by atoms with Crippen LogP contribution < -0.4 is 10.5 Å². The maximum Gasteiger partial charge on any atom is 0.124 e. The zero-order chi connectivity index (χ0) is 17.0. The summed E-state index contributed by atoms with van der Waals surface area (Å²) in [6.07, 6.45) is 9.86. The van der Waals surface area contributed by atoms with Gasteiger partial charge in [-0.25, -0.2) is 4.39 Å². The predicted molar refractivity (Wildman–Crippen MR) is 96.8 cm³/mol. The van der Waals surface area contributed by atoms with Crippen molar-refractivity contribution in [2.75, 3.05) is 13.6 Å². The van der Waals surface area contributed by atoms with Crippen LogP contribution in [0.5, 0.6) is 0 Å². The van der Waals surface area contributed by atoms with Crippen LogP contribution in [-0.4, -0.2) is 28.7 Å². The largest absolute Gasteiger partial charge is 0.375 e. The number of allylic oxidation sites excluding steroid dienone is 3. The molecule has 4 nitrogen and oxygen atoms in total. The summed E-state index contributed by atoms with van der Waals surface area (Å²) in [7, 11) is 2.02. The summed E-state index contributed by atoms with van der Waals surface area (Å²) in [4.78, 5) is 2.10. The minimum atomic E-state index is -0.245. The lowest BCUT2D eigenvalue weighted by molar-refractivity contribution is 0.554. The minimum Gasteiger partial charge on any atom is -0.375 e. The molecule has 25 heavy (non-hydrogen) atoms. The van der Waals surface area contributed by atoms with Crippen molar-refractivity contribution in [1.29, 1.82) is 0 Å². The van der Waals surface area contributed by atoms with Gasteiger partial charge in [-0.2, -0.15) is 0 Å². The van der Waals surface area contributed by atoms with Crippen LogP contribution in [0.3, 0.4) is 0 Å². The molecule has 1 aromatic rings. The smallest absolute Gasteiger partial charge is 0.124 e. The van der Waals surface area contributed by atoms with Crippen molar-refractivity contribution in [1.82, 2.24) is 20.4 Å². The number of nitrogens with zero attached hydrogens (tertiary/aromatic N) is 3. The molecule has 3 heterocycles. The highest BCUT2D eigenvalue weighted by molar-refractivity contribution is 5.98. The lowest BCUT2D eigenvalue weighted by atomic mass is 9.96. The summed E-state index contributed by atoms with van der Waals surface area (Å²) in [6.45, 7) is 0.727. The molecule has 0 unspecified atom stereocenters. The Balaban J connectivity index is 1.95. The van der Waals surface area contributed by atoms with Gasteiger partial charge in [0.1, 0.15) is 11.5 Å². The molecule has 5 rings (SSSR count). The number of benzene rings is 1. The number of aromatic nitrogens is 2. The molecule has 5 heteroatoms. The maximum absolute atomic E-state index is 14.2. The first-order valence-corrected chi connectivity index (χ1v) is 8.14. The molecule has 1 aromatic carbocycles. The van der Waals surface area contributed by atoms with E-state index >= 15 is 0 Å². The Hall–Kier alpha value is -3.21. The van der Waals surface area contributed by atoms with Gasteiger partial charge in [0.2, 0.25) is 0 Å². The lowest BCUT2D eigenvalue weighted by Crippen LogP contribution is -2.28. The van der Waals surface area contributed by atoms with E-state index in [0.29, 0.717) is 0 Å². The topological polar surface area (TPSA) is 41.1 Å². The Kier molecular flexibility index (Phi) is 2.91. The summed E-state index contributed by atoms with van der Waals surface area (Å²) in [5.41, 5.74) is 4.73. The van der Waals surface area contributed by atoms with Gasteiger partial charge in [0.15, 0.2) is 0 Å². The zero-order valence-electron chi connectivity index (χ0n) is 13.6. The molecule has 0 saturated heterocycles. The number of fused-ring (bicyclic) bond motifs is 2. The molecule has 1 aliphatic carbocycles. The van der Waals surface area contributed by atoms with Gasteiger partial charge < -0.3 is 10.2 Å². The van der Waals surface area contributed by atoms with Crippen molar-refractivity contribution < 1.29 is 4.39 Å². The molecule has 0 atom stereocenters. The van der Waals surface area contributed by atoms with E-state index in [2.05, 4.69) is 20.4 Å². The van der Waals surface area contributed by atoms with Gasteiger partial charge >= 0.3 is 0 Å². The molecular formula is C20H15FN4. The van der Waals surface area contributed by atoms with E-state index in [1.165, 1.54) is 0 Å². The van der Waals surface area contributed by atoms with Crippen molar-refractivity contribution in [2.24, 2.45) is 0 Å². The van der Waals surface area contributed by atoms with Crippen LogP contribution in [0.4, 0.5) is 4.39 Å². The first-order valence-electron chi connectivity index (χ1n) is 8.14. The minimum absolute atomic E-state index is 0.245. The quantitative estimate of drug-likeness (QED) is 0.688. The van der Waals surface area contributed by atoms with Crippen LogP contribution >= 0.6 is 0 Å². The molecule has 0 saturated carbocycles. The zero-order valence-corrected chi connectivity index (χ0v) is 13.6. The van der Waals surface area contributed by atoms with Gasteiger partial charge in [-0.15, -0.1) is 10.2 Å². The third-order valence-corrected chi connectivity index (χ3v) is 4.72. The molecule has 0 amide bonds. The average Bonchev–Trinajstić information content (AvgIpc) is 2.95. The Labute approximate surface area is 144 Å². The second-order valence-electron chi connectivity index (χ2n) is 6.41. The molecule has 0 bridgehead atoms. The first-order chi connectivity index (χ1) is 12.2. The van der Waals surface area contributed by atoms with Crippen LogP contribution in [0.25, 0.3) is 33.8 Å². The Morgan fingerprint density at radius 3 is 2.80 bits per heavy atom. The molecule has 0 aromatic heterocycles. The number of hydrogen-bond acceptors (Lipinski definition) is 4. The monoisotopic (exact) mass is 330 g/mol. The van der Waals surface area contributed by atoms with E-state index in [0.717, 1.165) is 50.6 Å². The molecule has 0 fully saturated rings. The van der Waals surface area contributed by atoms with E-state index in [1.807, 2.05) is 49.9 Å². The van der Waals surface area contributed by atoms with Crippen LogP contribution in [0, 0.1) is 5.82 Å². The average molecular weight is 330 g/mol. The number of nitrogens with one attached hydrogen (secondary N) is 1. The first kappa shape index (κ1) is 14.2. The molecule has 4 aliphatic rings. The molecular weight excluding hydrogens is 315 g/mol. The normalized spacial score (nSPS) is 16.3. The van der Waals surface area contributed by atoms with E-state index in [1.54, 1.807) is 12.1 Å². The van der Waals surface area contributed by atoms with Crippen LogP contribution in [-0.2, 0) is 0 Å². The van der Waals surface area contributed by atoms with Crippen molar-refractivity contribution in [3.8, 4) is 11.3 Å². The van der Waals surface area contributed by atoms with Gasteiger partial charge in [0.05, 0.1) is 5.69 Å². The second-order valence-corrected chi connectivity index (χ2v) is 6.41. The number of rotatable bonds is 0. The standard InChI is InChI=1S/C20H15FN4/c1-25-10-16(12-4-6-22-7-5-12)20-17(11-25)15-9-14(21)8-13-2-3-18(19(13)15)23-24-20/h2-9,11,22H,10H2,1H3. The highest BCUT2D eigenvalue weighted by Gasteiger charge is 2.21. The van der Waals surface area contributed by atoms with Crippen LogP contribution in [0.15, 0.2) is 54.4 Å². The van der Waals surface area contributed by atoms with Crippen molar-refractivity contribution >= 4 is 22.5 Å². The maximum atomic E-state index is 14.2. The fraction of sp³-hybridized carbons (Fsp3) is 0.100. The third-order valence-electron chi connectivity index (χ3n) is 4.72. The van der Waals surface area contributed by atoms with E-state index in [9.17, 15) is 4.39 Å². The third kappa shape index (κ3) is 2.12. The summed E-state index contributed by atoms with van der Waals surface area (Å²) >= 11 is 0. The van der Waals surface area contributed by atoms with E-state index in [-0.39, 0.29) is 5.82 Å². The second kappa shape index (κ2) is 5.14. The van der Waals surface area contributed by atoms with Gasteiger partial charge in [-0.3, -0.25) is 0 Å². The summed E-state index contributed by atoms with van der Waals surface area (Å²) < 4.78 is 14.2. The van der Waals surface area contributed by atoms with Gasteiger partial charge in [0, 0.05) is 48.5 Å². The lowest BCUT2D eigenvalue weighted by Gasteiger charge is -2.23. The summed E-state index contributed by atoms with van der Waals surface area (Å²) in [6, 6.07) is 6.93. The number of likely N-dealkylation sites (N-methyl/N-ethyl adjacent to an activating group) is 1. The van der Waals surface area contributed by atoms with Crippen LogP contribution in [0.2, 0.25) is 0 Å². The Morgan fingerprint density at radius 2 is 1.96 bits per heavy atom. The Morgan fingerprint density at radius 1 is 1.12 bits per heavy atom. The van der Waals surface area contributed by atoms with E-state index < -0.39 is 0 Å². The summed E-state index contributed by atoms with van der Waals surface area (Å²) in [5.74, 6) is -0.245. The highest BCUT2D eigenvalue weighted by atomic mass is 19.1. The molecule has 0 spiro atoms. The van der Waals surface area contributed by atoms with Gasteiger partial charge in [0.25, 0.3) is 0 Å². The van der Waals surface area contributed by atoms with E-state index in [4.69, 9.17) is 0 Å². The molecule has 3 aliphatic heterocycles. The molecule has 122 valence electrons. The van der Waals surface area contributed by atoms with Crippen molar-refractivity contribution in [3.05, 3.63) is 71.1 Å².